The average Bonchev–Trinajstić information content (AvgIpc) is 2.50. The number of nitrogens with one attached hydrogen (secondary N) is 2. The molecule has 6 nitrogen and oxygen atoms in total. The van der Waals surface area contributed by atoms with Crippen LogP contribution in [0.4, 0.5) is 5.82 Å². The fraction of sp³-hybridized carbons (Fsp3) is 0.500. The Labute approximate surface area is 118 Å². The van der Waals surface area contributed by atoms with Gasteiger partial charge in [-0.2, -0.15) is 5.10 Å². The van der Waals surface area contributed by atoms with Gasteiger partial charge in [0.25, 0.3) is 5.56 Å². The van der Waals surface area contributed by atoms with Gasteiger partial charge in [0.2, 0.25) is 0 Å². The molecule has 2 heterocycles. The number of hydrogen-bond donors (Lipinski definition) is 2. The number of rotatable bonds is 7. The van der Waals surface area contributed by atoms with Crippen molar-refractivity contribution >= 4 is 16.7 Å². The van der Waals surface area contributed by atoms with Gasteiger partial charge < -0.3 is 10.2 Å². The van der Waals surface area contributed by atoms with Crippen molar-refractivity contribution in [1.82, 2.24) is 20.1 Å². The summed E-state index contributed by atoms with van der Waals surface area (Å²) in [6.45, 7) is 8.32. The van der Waals surface area contributed by atoms with Crippen molar-refractivity contribution in [2.75, 3.05) is 31.5 Å². The maximum absolute atomic E-state index is 11.6. The van der Waals surface area contributed by atoms with Gasteiger partial charge in [0.1, 0.15) is 5.52 Å². The molecule has 0 atom stereocenters. The lowest BCUT2D eigenvalue weighted by Gasteiger charge is -2.17. The molecule has 20 heavy (non-hydrogen) atoms. The molecule has 2 aromatic heterocycles. The van der Waals surface area contributed by atoms with Gasteiger partial charge in [-0.05, 0) is 38.2 Å². The second-order valence-corrected chi connectivity index (χ2v) is 4.61. The van der Waals surface area contributed by atoms with E-state index >= 15 is 0 Å². The highest BCUT2D eigenvalue weighted by atomic mass is 16.1. The average molecular weight is 275 g/mol. The van der Waals surface area contributed by atoms with Crippen LogP contribution in [0.25, 0.3) is 10.9 Å². The molecule has 0 unspecified atom stereocenters. The van der Waals surface area contributed by atoms with Crippen LogP contribution < -0.4 is 10.9 Å². The molecule has 0 aliphatic rings. The highest BCUT2D eigenvalue weighted by Gasteiger charge is 2.06. The molecule has 0 spiro atoms. The van der Waals surface area contributed by atoms with E-state index in [1.165, 1.54) is 0 Å². The second-order valence-electron chi connectivity index (χ2n) is 4.61. The van der Waals surface area contributed by atoms with Gasteiger partial charge in [-0.25, -0.2) is 5.10 Å². The molecule has 0 bridgehead atoms. The molecule has 0 radical (unpaired) electrons. The molecular weight excluding hydrogens is 254 g/mol. The molecular formula is C14H21N5O. The topological polar surface area (TPSA) is 73.9 Å². The van der Waals surface area contributed by atoms with Gasteiger partial charge in [0.15, 0.2) is 5.82 Å². The molecule has 0 amide bonds. The fourth-order valence-electron chi connectivity index (χ4n) is 2.17. The van der Waals surface area contributed by atoms with Crippen LogP contribution in [0.15, 0.2) is 23.1 Å². The Morgan fingerprint density at radius 2 is 2.15 bits per heavy atom. The number of hydrogen-bond acceptors (Lipinski definition) is 5. The minimum absolute atomic E-state index is 0.207. The van der Waals surface area contributed by atoms with E-state index in [1.807, 2.05) is 0 Å². The summed E-state index contributed by atoms with van der Waals surface area (Å²) in [5.41, 5.74) is 0.417. The Morgan fingerprint density at radius 3 is 2.90 bits per heavy atom. The van der Waals surface area contributed by atoms with E-state index in [4.69, 9.17) is 0 Å². The number of fused-ring (bicyclic) bond motifs is 1. The summed E-state index contributed by atoms with van der Waals surface area (Å²) in [5.74, 6) is 0.639. The minimum Gasteiger partial charge on any atom is -0.367 e. The summed E-state index contributed by atoms with van der Waals surface area (Å²) in [5, 5.41) is 10.3. The first-order valence-corrected chi connectivity index (χ1v) is 7.05. The number of pyridine rings is 1. The molecule has 0 saturated heterocycles. The normalized spacial score (nSPS) is 11.2. The molecule has 2 N–H and O–H groups in total. The maximum Gasteiger partial charge on any atom is 0.273 e. The lowest BCUT2D eigenvalue weighted by atomic mass is 10.3. The largest absolute Gasteiger partial charge is 0.367 e. The van der Waals surface area contributed by atoms with E-state index in [-0.39, 0.29) is 5.56 Å². The lowest BCUT2D eigenvalue weighted by Crippen LogP contribution is -2.25. The Kier molecular flexibility index (Phi) is 5.06. The van der Waals surface area contributed by atoms with Gasteiger partial charge in [0.05, 0.1) is 5.39 Å². The summed E-state index contributed by atoms with van der Waals surface area (Å²) >= 11 is 0. The Morgan fingerprint density at radius 1 is 1.35 bits per heavy atom. The molecule has 2 aromatic rings. The summed E-state index contributed by atoms with van der Waals surface area (Å²) < 4.78 is 0. The predicted octanol–water partition coefficient (Wildman–Crippen LogP) is 1.46. The van der Waals surface area contributed by atoms with Crippen LogP contribution in [-0.2, 0) is 0 Å². The molecule has 0 aliphatic carbocycles. The summed E-state index contributed by atoms with van der Waals surface area (Å²) in [7, 11) is 0. The number of nitrogens with zero attached hydrogens (tertiary/aromatic N) is 3. The maximum atomic E-state index is 11.6. The van der Waals surface area contributed by atoms with Crippen LogP contribution >= 0.6 is 0 Å². The Balaban J connectivity index is 2.00. The van der Waals surface area contributed by atoms with Crippen molar-refractivity contribution in [3.63, 3.8) is 0 Å². The third-order valence-electron chi connectivity index (χ3n) is 3.38. The summed E-state index contributed by atoms with van der Waals surface area (Å²) in [4.78, 5) is 18.2. The van der Waals surface area contributed by atoms with Crippen molar-refractivity contribution in [2.24, 2.45) is 0 Å². The zero-order valence-corrected chi connectivity index (χ0v) is 12.0. The number of anilines is 1. The van der Waals surface area contributed by atoms with Gasteiger partial charge in [-0.1, -0.05) is 13.8 Å². The first-order chi connectivity index (χ1) is 9.76. The van der Waals surface area contributed by atoms with Crippen molar-refractivity contribution in [3.05, 3.63) is 28.7 Å². The number of H-pyrrole nitrogens is 1. The first-order valence-electron chi connectivity index (χ1n) is 7.05. The van der Waals surface area contributed by atoms with Crippen molar-refractivity contribution in [1.29, 1.82) is 0 Å². The predicted molar refractivity (Wildman–Crippen MR) is 81.1 cm³/mol. The molecule has 6 heteroatoms. The molecule has 108 valence electrons. The van der Waals surface area contributed by atoms with E-state index in [0.717, 1.165) is 32.6 Å². The van der Waals surface area contributed by atoms with Crippen LogP contribution in [0.5, 0.6) is 0 Å². The zero-order chi connectivity index (χ0) is 14.4. The smallest absolute Gasteiger partial charge is 0.273 e. The number of aromatic nitrogens is 3. The molecule has 0 aromatic carbocycles. The minimum atomic E-state index is -0.207. The Hall–Kier alpha value is -1.95. The van der Waals surface area contributed by atoms with Crippen LogP contribution in [0.2, 0.25) is 0 Å². The highest BCUT2D eigenvalue weighted by Crippen LogP contribution is 2.13. The van der Waals surface area contributed by atoms with E-state index in [2.05, 4.69) is 39.2 Å². The fourth-order valence-corrected chi connectivity index (χ4v) is 2.17. The van der Waals surface area contributed by atoms with Crippen LogP contribution in [0, 0.1) is 0 Å². The third-order valence-corrected chi connectivity index (χ3v) is 3.38. The molecule has 2 rings (SSSR count). The first kappa shape index (κ1) is 14.5. The summed E-state index contributed by atoms with van der Waals surface area (Å²) in [6.07, 6.45) is 2.70. The van der Waals surface area contributed by atoms with Crippen molar-refractivity contribution in [2.45, 2.75) is 20.3 Å². The van der Waals surface area contributed by atoms with Gasteiger partial charge in [0, 0.05) is 12.7 Å². The van der Waals surface area contributed by atoms with Gasteiger partial charge >= 0.3 is 0 Å². The third kappa shape index (κ3) is 3.33. The van der Waals surface area contributed by atoms with Crippen LogP contribution in [0.1, 0.15) is 20.3 Å². The standard InChI is InChI=1S/C14H21N5O/c1-3-19(4-2)10-6-9-16-13-12-11(7-5-8-15-12)14(20)18-17-13/h5,7-8H,3-4,6,9-10H2,1-2H3,(H,16,17)(H,18,20). The molecule has 0 saturated carbocycles. The SMILES string of the molecule is CCN(CC)CCCNc1n[nH]c(=O)c2cccnc12. The van der Waals surface area contributed by atoms with Gasteiger partial charge in [-0.15, -0.1) is 0 Å². The van der Waals surface area contributed by atoms with E-state index in [1.54, 1.807) is 18.3 Å². The van der Waals surface area contributed by atoms with E-state index in [0.29, 0.717) is 16.7 Å². The Bertz CT molecular complexity index is 606. The van der Waals surface area contributed by atoms with Crippen LogP contribution in [-0.4, -0.2) is 46.3 Å². The lowest BCUT2D eigenvalue weighted by molar-refractivity contribution is 0.303. The van der Waals surface area contributed by atoms with Gasteiger partial charge in [-0.3, -0.25) is 9.78 Å². The second kappa shape index (κ2) is 7.00. The number of aromatic amines is 1. The van der Waals surface area contributed by atoms with Crippen molar-refractivity contribution < 1.29 is 0 Å². The molecule has 0 aliphatic heterocycles. The summed E-state index contributed by atoms with van der Waals surface area (Å²) in [6, 6.07) is 3.51. The quantitative estimate of drug-likeness (QED) is 0.748. The van der Waals surface area contributed by atoms with Crippen molar-refractivity contribution in [3.8, 4) is 0 Å². The van der Waals surface area contributed by atoms with E-state index in [9.17, 15) is 4.79 Å². The zero-order valence-electron chi connectivity index (χ0n) is 12.0. The van der Waals surface area contributed by atoms with E-state index < -0.39 is 0 Å². The van der Waals surface area contributed by atoms with Crippen LogP contribution in [0.3, 0.4) is 0 Å². The highest BCUT2D eigenvalue weighted by molar-refractivity contribution is 5.86. The molecule has 0 fully saturated rings. The monoisotopic (exact) mass is 275 g/mol.